The summed E-state index contributed by atoms with van der Waals surface area (Å²) in [5, 5.41) is 1.49. The van der Waals surface area contributed by atoms with Gasteiger partial charge in [0.2, 0.25) is 0 Å². The van der Waals surface area contributed by atoms with Crippen LogP contribution in [0.3, 0.4) is 0 Å². The summed E-state index contributed by atoms with van der Waals surface area (Å²) in [6.45, 7) is 0. The van der Waals surface area contributed by atoms with Crippen molar-refractivity contribution in [2.75, 3.05) is 0 Å². The number of aromatic nitrogens is 1. The maximum atomic E-state index is 5.87. The predicted molar refractivity (Wildman–Crippen MR) is 50.7 cm³/mol. The Labute approximate surface area is 87.3 Å². The van der Waals surface area contributed by atoms with Crippen LogP contribution in [0.1, 0.15) is 0 Å². The van der Waals surface area contributed by atoms with Crippen molar-refractivity contribution in [1.82, 2.24) is 3.98 Å². The van der Waals surface area contributed by atoms with Crippen LogP contribution in [0.4, 0.5) is 0 Å². The summed E-state index contributed by atoms with van der Waals surface area (Å²) in [7, 11) is 1.62. The number of halogens is 3. The van der Waals surface area contributed by atoms with Crippen LogP contribution in [0, 0.1) is 0 Å². The van der Waals surface area contributed by atoms with Gasteiger partial charge < -0.3 is 0 Å². The first-order valence-electron chi connectivity index (χ1n) is 2.59. The van der Waals surface area contributed by atoms with E-state index in [0.29, 0.717) is 15.1 Å². The summed E-state index contributed by atoms with van der Waals surface area (Å²) in [5.41, 5.74) is 0.784. The molecular weight excluding hydrogens is 291 g/mol. The van der Waals surface area contributed by atoms with Gasteiger partial charge in [0, 0.05) is 0 Å². The molecule has 1 nitrogen and oxygen atoms in total. The van der Waals surface area contributed by atoms with E-state index in [4.69, 9.17) is 34.8 Å². The normalized spacial score (nSPS) is 11.2. The van der Waals surface area contributed by atoms with Gasteiger partial charge in [-0.3, -0.25) is 0 Å². The SMILES string of the molecule is Clc1c2n[se]sc-2c(Cl)c1Cl. The molecule has 58 valence electrons. The Balaban J connectivity index is 2.85. The van der Waals surface area contributed by atoms with Gasteiger partial charge in [-0.2, -0.15) is 0 Å². The summed E-state index contributed by atoms with van der Waals surface area (Å²) in [5.74, 6) is 0. The van der Waals surface area contributed by atoms with E-state index in [0.717, 1.165) is 10.6 Å². The van der Waals surface area contributed by atoms with Crippen molar-refractivity contribution in [3.05, 3.63) is 15.1 Å². The molecule has 0 spiro atoms. The Morgan fingerprint density at radius 2 is 1.82 bits per heavy atom. The number of hydrogen-bond acceptors (Lipinski definition) is 2. The third-order valence-electron chi connectivity index (χ3n) is 1.26. The molecule has 0 saturated carbocycles. The van der Waals surface area contributed by atoms with E-state index >= 15 is 0 Å². The van der Waals surface area contributed by atoms with Gasteiger partial charge in [0.05, 0.1) is 0 Å². The van der Waals surface area contributed by atoms with Crippen LogP contribution in [-0.2, 0) is 0 Å². The second kappa shape index (κ2) is 2.91. The van der Waals surface area contributed by atoms with Gasteiger partial charge in [0.25, 0.3) is 0 Å². The fraction of sp³-hybridized carbons (Fsp3) is 0. The molecule has 0 aromatic heterocycles. The van der Waals surface area contributed by atoms with Crippen LogP contribution in [0.5, 0.6) is 0 Å². The van der Waals surface area contributed by atoms with E-state index in [1.165, 1.54) is 0 Å². The Morgan fingerprint density at radius 3 is 2.45 bits per heavy atom. The number of hydrogen-bond donors (Lipinski definition) is 0. The van der Waals surface area contributed by atoms with Crippen LogP contribution in [0.2, 0.25) is 15.1 Å². The Morgan fingerprint density at radius 1 is 1.09 bits per heavy atom. The number of nitrogens with zero attached hydrogens (tertiary/aromatic N) is 1. The van der Waals surface area contributed by atoms with E-state index in [2.05, 4.69) is 3.98 Å². The molecule has 2 rings (SSSR count). The molecule has 0 fully saturated rings. The molecule has 1 aliphatic carbocycles. The average molecular weight is 291 g/mol. The number of fused-ring (bicyclic) bond motifs is 1. The molecule has 0 bridgehead atoms. The topological polar surface area (TPSA) is 12.9 Å². The molecule has 11 heavy (non-hydrogen) atoms. The summed E-state index contributed by atoms with van der Waals surface area (Å²) in [6, 6.07) is 0. The van der Waals surface area contributed by atoms with Crippen LogP contribution in [0.25, 0.3) is 10.6 Å². The minimum absolute atomic E-state index is 0.197. The van der Waals surface area contributed by atoms with Crippen LogP contribution in [0.15, 0.2) is 0 Å². The van der Waals surface area contributed by atoms with E-state index < -0.39 is 0 Å². The molecule has 6 heteroatoms. The molecule has 1 heterocycles. The third kappa shape index (κ3) is 1.15. The predicted octanol–water partition coefficient (Wildman–Crippen LogP) is 3.27. The zero-order valence-corrected chi connectivity index (χ0v) is 9.69. The third-order valence-corrected chi connectivity index (χ3v) is 5.77. The fourth-order valence-electron chi connectivity index (χ4n) is 0.754. The van der Waals surface area contributed by atoms with Crippen molar-refractivity contribution in [1.29, 1.82) is 0 Å². The van der Waals surface area contributed by atoms with Gasteiger partial charge in [0.1, 0.15) is 0 Å². The molecule has 0 N–H and O–H groups in total. The van der Waals surface area contributed by atoms with Crippen molar-refractivity contribution in [2.24, 2.45) is 0 Å². The maximum absolute atomic E-state index is 5.87. The molecular formula is C5Cl3NSSe. The minimum atomic E-state index is 0.197. The van der Waals surface area contributed by atoms with Gasteiger partial charge in [-0.1, -0.05) is 0 Å². The molecule has 0 radical (unpaired) electrons. The van der Waals surface area contributed by atoms with E-state index in [9.17, 15) is 0 Å². The van der Waals surface area contributed by atoms with E-state index in [1.54, 1.807) is 9.72 Å². The second-order valence-electron chi connectivity index (χ2n) is 1.87. The quantitative estimate of drug-likeness (QED) is 0.679. The molecule has 0 atom stereocenters. The van der Waals surface area contributed by atoms with Crippen molar-refractivity contribution < 1.29 is 0 Å². The van der Waals surface area contributed by atoms with Gasteiger partial charge in [0.15, 0.2) is 0 Å². The van der Waals surface area contributed by atoms with Gasteiger partial charge in [-0.15, -0.1) is 0 Å². The molecule has 1 aliphatic heterocycles. The molecule has 0 unspecified atom stereocenters. The molecule has 2 aliphatic rings. The van der Waals surface area contributed by atoms with Crippen LogP contribution in [-0.4, -0.2) is 17.6 Å². The zero-order chi connectivity index (χ0) is 8.01. The summed E-state index contributed by atoms with van der Waals surface area (Å²) in [6.07, 6.45) is 0. The van der Waals surface area contributed by atoms with Gasteiger partial charge in [-0.25, -0.2) is 0 Å². The van der Waals surface area contributed by atoms with Crippen molar-refractivity contribution in [3.8, 4) is 10.6 Å². The first-order valence-corrected chi connectivity index (χ1v) is 7.33. The summed E-state index contributed by atoms with van der Waals surface area (Å²) >= 11 is 17.7. The first kappa shape index (κ1) is 8.36. The number of rotatable bonds is 0. The van der Waals surface area contributed by atoms with Crippen molar-refractivity contribution in [2.45, 2.75) is 0 Å². The van der Waals surface area contributed by atoms with E-state index in [-0.39, 0.29) is 13.6 Å². The van der Waals surface area contributed by atoms with Gasteiger partial charge >= 0.3 is 87.7 Å². The molecule has 0 aromatic rings. The molecule has 0 saturated heterocycles. The second-order valence-corrected chi connectivity index (χ2v) is 6.10. The van der Waals surface area contributed by atoms with Crippen molar-refractivity contribution >= 4 is 58.1 Å². The summed E-state index contributed by atoms with van der Waals surface area (Å²) < 4.78 is 4.21. The summed E-state index contributed by atoms with van der Waals surface area (Å²) in [4.78, 5) is 0.946. The average Bonchev–Trinajstić information content (AvgIpc) is 2.53. The monoisotopic (exact) mass is 291 g/mol. The Hall–Kier alpha value is 0.759. The van der Waals surface area contributed by atoms with Crippen molar-refractivity contribution in [3.63, 3.8) is 0 Å². The molecule has 0 aromatic carbocycles. The van der Waals surface area contributed by atoms with Gasteiger partial charge in [-0.05, 0) is 0 Å². The standard InChI is InChI=1S/C5Cl3NSSe/c6-1-2(7)4-5(3(1)8)10-11-9-4. The Kier molecular flexibility index (Phi) is 2.21. The molecule has 0 amide bonds. The fourth-order valence-corrected chi connectivity index (χ4v) is 5.35. The van der Waals surface area contributed by atoms with E-state index in [1.807, 2.05) is 0 Å². The first-order chi connectivity index (χ1) is 5.22. The van der Waals surface area contributed by atoms with Crippen LogP contribution >= 0.6 is 44.5 Å². The Bertz CT molecular complexity index is 337. The van der Waals surface area contributed by atoms with Crippen LogP contribution < -0.4 is 0 Å². The zero-order valence-electron chi connectivity index (χ0n) is 4.90.